The second-order valence-corrected chi connectivity index (χ2v) is 5.90. The first-order valence-corrected chi connectivity index (χ1v) is 6.88. The third-order valence-electron chi connectivity index (χ3n) is 2.40. The number of nitrogens with one attached hydrogen (secondary N) is 1. The van der Waals surface area contributed by atoms with E-state index in [1.807, 2.05) is 19.1 Å². The van der Waals surface area contributed by atoms with E-state index in [-0.39, 0.29) is 18.1 Å². The van der Waals surface area contributed by atoms with Crippen molar-refractivity contribution in [3.63, 3.8) is 0 Å². The number of nitrogens with two attached hydrogens (primary N) is 1. The van der Waals surface area contributed by atoms with Crippen LogP contribution in [-0.4, -0.2) is 26.6 Å². The Bertz CT molecular complexity index is 511. The fourth-order valence-electron chi connectivity index (χ4n) is 1.49. The molecule has 0 saturated heterocycles. The lowest BCUT2D eigenvalue weighted by atomic mass is 10.2. The molecular formula is C11H17N3O2S. The Morgan fingerprint density at radius 3 is 2.47 bits per heavy atom. The lowest BCUT2D eigenvalue weighted by Crippen LogP contribution is -2.39. The van der Waals surface area contributed by atoms with Gasteiger partial charge in [-0.1, -0.05) is 18.2 Å². The summed E-state index contributed by atoms with van der Waals surface area (Å²) in [4.78, 5) is 0. The van der Waals surface area contributed by atoms with Crippen molar-refractivity contribution in [3.05, 3.63) is 29.8 Å². The van der Waals surface area contributed by atoms with E-state index < -0.39 is 10.0 Å². The zero-order chi connectivity index (χ0) is 13.1. The average molecular weight is 255 g/mol. The number of rotatable bonds is 5. The number of hydrogen-bond acceptors (Lipinski definition) is 3. The Morgan fingerprint density at radius 2 is 2.00 bits per heavy atom. The summed E-state index contributed by atoms with van der Waals surface area (Å²) in [5.74, 6) is -0.195. The summed E-state index contributed by atoms with van der Waals surface area (Å²) in [6.07, 6.45) is 0. The summed E-state index contributed by atoms with van der Waals surface area (Å²) >= 11 is 0. The maximum Gasteiger partial charge on any atom is 0.235 e. The van der Waals surface area contributed by atoms with Gasteiger partial charge >= 0.3 is 0 Å². The molecule has 6 heteroatoms. The topological polar surface area (TPSA) is 87.2 Å². The standard InChI is InChI=1S/C11H17N3O2S/c1-3-17(15,16)14(8-11(12)13)10-7-5-4-6-9(10)2/h4-7H,3,8H2,1-2H3,(H3,12,13). The van der Waals surface area contributed by atoms with E-state index in [0.29, 0.717) is 5.69 Å². The minimum absolute atomic E-state index is 0.0192. The van der Waals surface area contributed by atoms with Gasteiger partial charge in [-0.05, 0) is 25.5 Å². The van der Waals surface area contributed by atoms with Crippen LogP contribution in [0.1, 0.15) is 12.5 Å². The van der Waals surface area contributed by atoms with Crippen LogP contribution in [0.5, 0.6) is 0 Å². The highest BCUT2D eigenvalue weighted by molar-refractivity contribution is 7.92. The second kappa shape index (κ2) is 5.18. The Kier molecular flexibility index (Phi) is 4.11. The molecule has 0 aliphatic carbocycles. The van der Waals surface area contributed by atoms with Crippen LogP contribution < -0.4 is 10.0 Å². The third kappa shape index (κ3) is 3.20. The Balaban J connectivity index is 3.25. The molecule has 0 radical (unpaired) electrons. The molecule has 5 nitrogen and oxygen atoms in total. The number of anilines is 1. The molecule has 17 heavy (non-hydrogen) atoms. The number of nitrogens with zero attached hydrogens (tertiary/aromatic N) is 1. The van der Waals surface area contributed by atoms with Crippen molar-refractivity contribution in [2.45, 2.75) is 13.8 Å². The molecule has 0 unspecified atom stereocenters. The monoisotopic (exact) mass is 255 g/mol. The van der Waals surface area contributed by atoms with Crippen molar-refractivity contribution in [2.75, 3.05) is 16.6 Å². The largest absolute Gasteiger partial charge is 0.386 e. The summed E-state index contributed by atoms with van der Waals surface area (Å²) < 4.78 is 25.1. The first-order valence-electron chi connectivity index (χ1n) is 5.27. The van der Waals surface area contributed by atoms with E-state index in [1.165, 1.54) is 4.31 Å². The molecule has 0 aliphatic rings. The van der Waals surface area contributed by atoms with Crippen LogP contribution >= 0.6 is 0 Å². The minimum atomic E-state index is -3.42. The highest BCUT2D eigenvalue weighted by atomic mass is 32.2. The first-order chi connectivity index (χ1) is 7.88. The van der Waals surface area contributed by atoms with Crippen LogP contribution in [0.15, 0.2) is 24.3 Å². The number of benzene rings is 1. The highest BCUT2D eigenvalue weighted by Crippen LogP contribution is 2.22. The molecule has 0 saturated carbocycles. The first kappa shape index (κ1) is 13.5. The molecule has 0 bridgehead atoms. The number of amidine groups is 1. The molecule has 1 aromatic carbocycles. The fourth-order valence-corrected chi connectivity index (χ4v) is 2.64. The molecule has 0 atom stereocenters. The third-order valence-corrected chi connectivity index (χ3v) is 4.13. The summed E-state index contributed by atoms with van der Waals surface area (Å²) in [6.45, 7) is 3.29. The lowest BCUT2D eigenvalue weighted by Gasteiger charge is -2.24. The number of aryl methyl sites for hydroxylation is 1. The van der Waals surface area contributed by atoms with Gasteiger partial charge in [0.15, 0.2) is 0 Å². The van der Waals surface area contributed by atoms with Gasteiger partial charge in [0, 0.05) is 0 Å². The van der Waals surface area contributed by atoms with E-state index in [1.54, 1.807) is 19.1 Å². The maximum atomic E-state index is 12.0. The predicted octanol–water partition coefficient (Wildman–Crippen LogP) is 1.09. The Morgan fingerprint density at radius 1 is 1.41 bits per heavy atom. The summed E-state index contributed by atoms with van der Waals surface area (Å²) in [7, 11) is -3.42. The van der Waals surface area contributed by atoms with E-state index in [2.05, 4.69) is 0 Å². The molecule has 3 N–H and O–H groups in total. The predicted molar refractivity (Wildman–Crippen MR) is 69.9 cm³/mol. The van der Waals surface area contributed by atoms with Crippen molar-refractivity contribution in [2.24, 2.45) is 5.73 Å². The van der Waals surface area contributed by atoms with E-state index in [4.69, 9.17) is 11.1 Å². The van der Waals surface area contributed by atoms with Gasteiger partial charge in [0.25, 0.3) is 0 Å². The van der Waals surface area contributed by atoms with Crippen LogP contribution in [0.3, 0.4) is 0 Å². The molecule has 0 aliphatic heterocycles. The van der Waals surface area contributed by atoms with Crippen LogP contribution in [0.2, 0.25) is 0 Å². The minimum Gasteiger partial charge on any atom is -0.386 e. The smallest absolute Gasteiger partial charge is 0.235 e. The summed E-state index contributed by atoms with van der Waals surface area (Å²) in [5, 5.41) is 7.27. The molecule has 0 fully saturated rings. The van der Waals surface area contributed by atoms with Crippen LogP contribution in [0, 0.1) is 12.3 Å². The summed E-state index contributed by atoms with van der Waals surface area (Å²) in [5.41, 5.74) is 6.72. The van der Waals surface area contributed by atoms with E-state index in [9.17, 15) is 8.42 Å². The maximum absolute atomic E-state index is 12.0. The van der Waals surface area contributed by atoms with Gasteiger partial charge in [0.2, 0.25) is 10.0 Å². The van der Waals surface area contributed by atoms with Crippen LogP contribution in [0.25, 0.3) is 0 Å². The van der Waals surface area contributed by atoms with Crippen LogP contribution in [-0.2, 0) is 10.0 Å². The average Bonchev–Trinajstić information content (AvgIpc) is 2.26. The van der Waals surface area contributed by atoms with Crippen molar-refractivity contribution in [3.8, 4) is 0 Å². The molecule has 0 heterocycles. The van der Waals surface area contributed by atoms with Crippen molar-refractivity contribution >= 4 is 21.5 Å². The van der Waals surface area contributed by atoms with Gasteiger partial charge < -0.3 is 5.73 Å². The van der Waals surface area contributed by atoms with Crippen molar-refractivity contribution < 1.29 is 8.42 Å². The number of sulfonamides is 1. The zero-order valence-electron chi connectivity index (χ0n) is 9.97. The molecular weight excluding hydrogens is 238 g/mol. The van der Waals surface area contributed by atoms with Gasteiger partial charge in [0.1, 0.15) is 5.84 Å². The Labute approximate surface area is 102 Å². The van der Waals surface area contributed by atoms with Gasteiger partial charge in [0.05, 0.1) is 18.0 Å². The molecule has 1 rings (SSSR count). The molecule has 1 aromatic rings. The zero-order valence-corrected chi connectivity index (χ0v) is 10.8. The lowest BCUT2D eigenvalue weighted by molar-refractivity contribution is 0.594. The van der Waals surface area contributed by atoms with Crippen molar-refractivity contribution in [1.82, 2.24) is 0 Å². The normalized spacial score (nSPS) is 11.2. The van der Waals surface area contributed by atoms with Gasteiger partial charge in [-0.3, -0.25) is 9.71 Å². The van der Waals surface area contributed by atoms with E-state index in [0.717, 1.165) is 5.56 Å². The fraction of sp³-hybridized carbons (Fsp3) is 0.364. The SMILES string of the molecule is CCS(=O)(=O)N(CC(=N)N)c1ccccc1C. The molecule has 94 valence electrons. The number of para-hydroxylation sites is 1. The van der Waals surface area contributed by atoms with Gasteiger partial charge in [-0.25, -0.2) is 8.42 Å². The molecule has 0 amide bonds. The number of hydrogen-bond donors (Lipinski definition) is 2. The highest BCUT2D eigenvalue weighted by Gasteiger charge is 2.22. The second-order valence-electron chi connectivity index (χ2n) is 3.72. The summed E-state index contributed by atoms with van der Waals surface area (Å²) in [6, 6.07) is 7.14. The van der Waals surface area contributed by atoms with Crippen molar-refractivity contribution in [1.29, 1.82) is 5.41 Å². The van der Waals surface area contributed by atoms with Crippen LogP contribution in [0.4, 0.5) is 5.69 Å². The Hall–Kier alpha value is -1.56. The van der Waals surface area contributed by atoms with E-state index >= 15 is 0 Å². The van der Waals surface area contributed by atoms with Gasteiger partial charge in [-0.2, -0.15) is 0 Å². The van der Waals surface area contributed by atoms with Gasteiger partial charge in [-0.15, -0.1) is 0 Å². The molecule has 0 spiro atoms. The quantitative estimate of drug-likeness (QED) is 0.610. The molecule has 0 aromatic heterocycles.